The molecule has 0 fully saturated rings. The zero-order chi connectivity index (χ0) is 13.7. The second-order valence-corrected chi connectivity index (χ2v) is 4.64. The van der Waals surface area contributed by atoms with E-state index in [4.69, 9.17) is 4.42 Å². The monoisotopic (exact) mass is 260 g/mol. The zero-order valence-corrected chi connectivity index (χ0v) is 11.4. The van der Waals surface area contributed by atoms with Crippen LogP contribution in [0, 0.1) is 0 Å². The number of nitrogens with one attached hydrogen (secondary N) is 2. The molecule has 0 aliphatic rings. The van der Waals surface area contributed by atoms with Crippen molar-refractivity contribution < 1.29 is 9.21 Å². The van der Waals surface area contributed by atoms with Crippen molar-refractivity contribution in [2.24, 2.45) is 0 Å². The van der Waals surface area contributed by atoms with Crippen molar-refractivity contribution >= 4 is 16.9 Å². The lowest BCUT2D eigenvalue weighted by Crippen LogP contribution is -2.41. The number of rotatable bonds is 6. The van der Waals surface area contributed by atoms with Gasteiger partial charge in [-0.15, -0.1) is 0 Å². The van der Waals surface area contributed by atoms with Crippen LogP contribution in [-0.4, -0.2) is 18.5 Å². The highest BCUT2D eigenvalue weighted by Crippen LogP contribution is 2.18. The summed E-state index contributed by atoms with van der Waals surface area (Å²) in [5, 5.41) is 7.11. The first-order valence-corrected chi connectivity index (χ1v) is 6.69. The van der Waals surface area contributed by atoms with Gasteiger partial charge in [0.05, 0.1) is 12.6 Å². The van der Waals surface area contributed by atoms with E-state index in [1.807, 2.05) is 44.2 Å². The predicted molar refractivity (Wildman–Crippen MR) is 75.8 cm³/mol. The van der Waals surface area contributed by atoms with Crippen LogP contribution in [0.1, 0.15) is 26.0 Å². The van der Waals surface area contributed by atoms with Crippen molar-refractivity contribution in [1.82, 2.24) is 10.6 Å². The summed E-state index contributed by atoms with van der Waals surface area (Å²) in [4.78, 5) is 11.7. The Kier molecular flexibility index (Phi) is 4.58. The lowest BCUT2D eigenvalue weighted by atomic mass is 10.2. The Morgan fingerprint density at radius 2 is 2.16 bits per heavy atom. The molecule has 0 bridgehead atoms. The third-order valence-corrected chi connectivity index (χ3v) is 3.00. The molecule has 1 aromatic heterocycles. The molecule has 0 radical (unpaired) electrons. The zero-order valence-electron chi connectivity index (χ0n) is 11.4. The van der Waals surface area contributed by atoms with E-state index >= 15 is 0 Å². The first-order valence-electron chi connectivity index (χ1n) is 6.69. The van der Waals surface area contributed by atoms with E-state index in [0.717, 1.165) is 29.7 Å². The molecule has 0 saturated carbocycles. The summed E-state index contributed by atoms with van der Waals surface area (Å²) in [6, 6.07) is 9.66. The van der Waals surface area contributed by atoms with Crippen molar-refractivity contribution in [3.05, 3.63) is 36.1 Å². The molecule has 0 spiro atoms. The fraction of sp³-hybridized carbons (Fsp3) is 0.400. The summed E-state index contributed by atoms with van der Waals surface area (Å²) in [6.07, 6.45) is 0.946. The average molecular weight is 260 g/mol. The summed E-state index contributed by atoms with van der Waals surface area (Å²) in [5.74, 6) is 0.870. The molecule has 1 amide bonds. The Labute approximate surface area is 113 Å². The second-order valence-electron chi connectivity index (χ2n) is 4.64. The van der Waals surface area contributed by atoms with Gasteiger partial charge in [-0.3, -0.25) is 10.1 Å². The van der Waals surface area contributed by atoms with E-state index in [1.54, 1.807) is 0 Å². The molecule has 4 nitrogen and oxygen atoms in total. The molecule has 4 heteroatoms. The van der Waals surface area contributed by atoms with E-state index in [2.05, 4.69) is 10.6 Å². The number of hydrogen-bond acceptors (Lipinski definition) is 3. The summed E-state index contributed by atoms with van der Waals surface area (Å²) in [6.45, 7) is 5.16. The van der Waals surface area contributed by atoms with E-state index in [0.29, 0.717) is 6.54 Å². The van der Waals surface area contributed by atoms with Gasteiger partial charge in [-0.1, -0.05) is 25.1 Å². The Morgan fingerprint density at radius 3 is 2.89 bits per heavy atom. The first-order chi connectivity index (χ1) is 9.20. The van der Waals surface area contributed by atoms with Gasteiger partial charge in [0.15, 0.2) is 0 Å². The van der Waals surface area contributed by atoms with Gasteiger partial charge in [0.25, 0.3) is 0 Å². The minimum Gasteiger partial charge on any atom is -0.460 e. The summed E-state index contributed by atoms with van der Waals surface area (Å²) < 4.78 is 5.69. The molecule has 0 saturated heterocycles. The lowest BCUT2D eigenvalue weighted by Gasteiger charge is -2.12. The van der Waals surface area contributed by atoms with Crippen LogP contribution in [0.4, 0.5) is 0 Å². The van der Waals surface area contributed by atoms with Crippen LogP contribution in [0.25, 0.3) is 11.0 Å². The smallest absolute Gasteiger partial charge is 0.236 e. The van der Waals surface area contributed by atoms with Crippen LogP contribution in [-0.2, 0) is 11.3 Å². The number of hydrogen-bond donors (Lipinski definition) is 2. The van der Waals surface area contributed by atoms with Gasteiger partial charge >= 0.3 is 0 Å². The van der Waals surface area contributed by atoms with Crippen molar-refractivity contribution in [2.75, 3.05) is 6.54 Å². The first kappa shape index (κ1) is 13.6. The van der Waals surface area contributed by atoms with Crippen LogP contribution in [0.5, 0.6) is 0 Å². The number of amides is 1. The Bertz CT molecular complexity index is 515. The molecule has 1 aromatic carbocycles. The molecule has 2 rings (SSSR count). The Hall–Kier alpha value is -1.81. The summed E-state index contributed by atoms with van der Waals surface area (Å²) >= 11 is 0. The van der Waals surface area contributed by atoms with Crippen LogP contribution in [0.3, 0.4) is 0 Å². The molecule has 0 aliphatic carbocycles. The molecule has 2 aromatic rings. The fourth-order valence-corrected chi connectivity index (χ4v) is 1.87. The van der Waals surface area contributed by atoms with Gasteiger partial charge < -0.3 is 9.73 Å². The van der Waals surface area contributed by atoms with Crippen LogP contribution >= 0.6 is 0 Å². The number of para-hydroxylation sites is 1. The van der Waals surface area contributed by atoms with Gasteiger partial charge in [0, 0.05) is 11.9 Å². The number of fused-ring (bicyclic) bond motifs is 1. The highest BCUT2D eigenvalue weighted by Gasteiger charge is 2.12. The standard InChI is InChI=1S/C15H20N2O2/c1-3-8-16-15(18)11(2)17-10-13-9-12-6-4-5-7-14(12)19-13/h4-7,9,11,17H,3,8,10H2,1-2H3,(H,16,18)/t11-/m0/s1. The highest BCUT2D eigenvalue weighted by atomic mass is 16.3. The number of carbonyl (C=O) groups is 1. The molecule has 102 valence electrons. The van der Waals surface area contributed by atoms with Crippen molar-refractivity contribution in [3.63, 3.8) is 0 Å². The third kappa shape index (κ3) is 3.58. The molecule has 19 heavy (non-hydrogen) atoms. The number of benzene rings is 1. The van der Waals surface area contributed by atoms with Crippen molar-refractivity contribution in [1.29, 1.82) is 0 Å². The third-order valence-electron chi connectivity index (χ3n) is 3.00. The molecule has 0 aliphatic heterocycles. The summed E-state index contributed by atoms with van der Waals surface area (Å²) in [7, 11) is 0. The van der Waals surface area contributed by atoms with Crippen molar-refractivity contribution in [2.45, 2.75) is 32.9 Å². The predicted octanol–water partition coefficient (Wildman–Crippen LogP) is 2.44. The van der Waals surface area contributed by atoms with Gasteiger partial charge in [-0.25, -0.2) is 0 Å². The second kappa shape index (κ2) is 6.38. The average Bonchev–Trinajstić information content (AvgIpc) is 2.84. The lowest BCUT2D eigenvalue weighted by molar-refractivity contribution is -0.122. The summed E-state index contributed by atoms with van der Waals surface area (Å²) in [5.41, 5.74) is 0.877. The molecule has 1 atom stereocenters. The van der Waals surface area contributed by atoms with Gasteiger partial charge in [-0.05, 0) is 25.5 Å². The SMILES string of the molecule is CCCNC(=O)[C@H](C)NCc1cc2ccccc2o1. The highest BCUT2D eigenvalue weighted by molar-refractivity contribution is 5.81. The normalized spacial score (nSPS) is 12.5. The number of carbonyl (C=O) groups excluding carboxylic acids is 1. The largest absolute Gasteiger partial charge is 0.460 e. The molecular formula is C15H20N2O2. The van der Waals surface area contributed by atoms with Crippen LogP contribution in [0.15, 0.2) is 34.7 Å². The quantitative estimate of drug-likeness (QED) is 0.838. The maximum Gasteiger partial charge on any atom is 0.236 e. The molecule has 1 heterocycles. The van der Waals surface area contributed by atoms with Crippen LogP contribution in [0.2, 0.25) is 0 Å². The Balaban J connectivity index is 1.89. The van der Waals surface area contributed by atoms with Gasteiger partial charge in [0.2, 0.25) is 5.91 Å². The fourth-order valence-electron chi connectivity index (χ4n) is 1.87. The topological polar surface area (TPSA) is 54.3 Å². The minimum atomic E-state index is -0.222. The maximum absolute atomic E-state index is 11.7. The molecular weight excluding hydrogens is 240 g/mol. The van der Waals surface area contributed by atoms with Crippen LogP contribution < -0.4 is 10.6 Å². The molecule has 0 unspecified atom stereocenters. The van der Waals surface area contributed by atoms with E-state index < -0.39 is 0 Å². The van der Waals surface area contributed by atoms with E-state index in [9.17, 15) is 4.79 Å². The maximum atomic E-state index is 11.7. The van der Waals surface area contributed by atoms with Gasteiger partial charge in [-0.2, -0.15) is 0 Å². The Morgan fingerprint density at radius 1 is 1.37 bits per heavy atom. The molecule has 2 N–H and O–H groups in total. The van der Waals surface area contributed by atoms with Crippen molar-refractivity contribution in [3.8, 4) is 0 Å². The number of furan rings is 1. The van der Waals surface area contributed by atoms with E-state index in [-0.39, 0.29) is 11.9 Å². The minimum absolute atomic E-state index is 0.0259. The van der Waals surface area contributed by atoms with Gasteiger partial charge in [0.1, 0.15) is 11.3 Å². The van der Waals surface area contributed by atoms with E-state index in [1.165, 1.54) is 0 Å².